The zero-order chi connectivity index (χ0) is 15.3. The third-order valence-corrected chi connectivity index (χ3v) is 4.59. The van der Waals surface area contributed by atoms with E-state index in [1.807, 2.05) is 12.4 Å². The van der Waals surface area contributed by atoms with Crippen LogP contribution in [0, 0.1) is 12.8 Å². The average molecular weight is 290 g/mol. The minimum absolute atomic E-state index is 0.0854. The lowest BCUT2D eigenvalue weighted by Crippen LogP contribution is -2.49. The summed E-state index contributed by atoms with van der Waals surface area (Å²) in [5, 5.41) is 3.68. The SMILES string of the molecule is CCNC(c1cncc(C)c1)C1(OCC)CCCC(C)C1. The van der Waals surface area contributed by atoms with Crippen molar-refractivity contribution in [3.63, 3.8) is 0 Å². The second-order valence-electron chi connectivity index (χ2n) is 6.49. The van der Waals surface area contributed by atoms with Gasteiger partial charge in [-0.2, -0.15) is 0 Å². The lowest BCUT2D eigenvalue weighted by molar-refractivity contribution is -0.101. The first kappa shape index (κ1) is 16.4. The normalized spacial score (nSPS) is 27.5. The minimum Gasteiger partial charge on any atom is -0.373 e. The predicted octanol–water partition coefficient (Wildman–Crippen LogP) is 4.03. The van der Waals surface area contributed by atoms with E-state index in [-0.39, 0.29) is 11.6 Å². The van der Waals surface area contributed by atoms with Gasteiger partial charge in [0.2, 0.25) is 0 Å². The summed E-state index contributed by atoms with van der Waals surface area (Å²) in [5.74, 6) is 0.726. The Morgan fingerprint density at radius 3 is 2.86 bits per heavy atom. The second-order valence-corrected chi connectivity index (χ2v) is 6.49. The highest BCUT2D eigenvalue weighted by Crippen LogP contribution is 2.43. The van der Waals surface area contributed by atoms with Gasteiger partial charge in [0.1, 0.15) is 0 Å². The predicted molar refractivity (Wildman–Crippen MR) is 87.4 cm³/mol. The number of pyridine rings is 1. The van der Waals surface area contributed by atoms with Gasteiger partial charge in [0, 0.05) is 19.0 Å². The molecule has 0 saturated heterocycles. The van der Waals surface area contributed by atoms with Crippen molar-refractivity contribution in [2.75, 3.05) is 13.2 Å². The molecule has 1 aliphatic rings. The molecule has 1 N–H and O–H groups in total. The highest BCUT2D eigenvalue weighted by atomic mass is 16.5. The summed E-state index contributed by atoms with van der Waals surface area (Å²) in [4.78, 5) is 4.40. The van der Waals surface area contributed by atoms with Crippen LogP contribution in [0.2, 0.25) is 0 Å². The molecule has 3 unspecified atom stereocenters. The highest BCUT2D eigenvalue weighted by Gasteiger charge is 2.43. The molecule has 1 fully saturated rings. The van der Waals surface area contributed by atoms with Crippen LogP contribution >= 0.6 is 0 Å². The molecule has 0 radical (unpaired) electrons. The lowest BCUT2D eigenvalue weighted by atomic mass is 9.72. The van der Waals surface area contributed by atoms with E-state index in [9.17, 15) is 0 Å². The quantitative estimate of drug-likeness (QED) is 0.859. The fourth-order valence-electron chi connectivity index (χ4n) is 3.86. The molecule has 118 valence electrons. The Labute approximate surface area is 129 Å². The minimum atomic E-state index is -0.0854. The first-order valence-electron chi connectivity index (χ1n) is 8.40. The Kier molecular flexibility index (Phi) is 5.77. The van der Waals surface area contributed by atoms with Gasteiger partial charge in [-0.1, -0.05) is 32.8 Å². The van der Waals surface area contributed by atoms with Crippen molar-refractivity contribution in [3.8, 4) is 0 Å². The summed E-state index contributed by atoms with van der Waals surface area (Å²) in [6.45, 7) is 10.5. The number of nitrogens with one attached hydrogen (secondary N) is 1. The van der Waals surface area contributed by atoms with Gasteiger partial charge in [0.15, 0.2) is 0 Å². The van der Waals surface area contributed by atoms with E-state index < -0.39 is 0 Å². The van der Waals surface area contributed by atoms with Gasteiger partial charge >= 0.3 is 0 Å². The van der Waals surface area contributed by atoms with Crippen molar-refractivity contribution in [1.29, 1.82) is 0 Å². The van der Waals surface area contributed by atoms with Gasteiger partial charge in [0.25, 0.3) is 0 Å². The molecule has 0 amide bonds. The number of likely N-dealkylation sites (N-methyl/N-ethyl adjacent to an activating group) is 1. The molecule has 0 aromatic carbocycles. The van der Waals surface area contributed by atoms with Crippen LogP contribution in [0.25, 0.3) is 0 Å². The van der Waals surface area contributed by atoms with Gasteiger partial charge in [0.05, 0.1) is 11.6 Å². The van der Waals surface area contributed by atoms with E-state index in [1.54, 1.807) is 0 Å². The monoisotopic (exact) mass is 290 g/mol. The molecule has 1 aromatic rings. The van der Waals surface area contributed by atoms with Crippen LogP contribution in [-0.2, 0) is 4.74 Å². The van der Waals surface area contributed by atoms with Crippen LogP contribution in [-0.4, -0.2) is 23.7 Å². The molecule has 3 atom stereocenters. The van der Waals surface area contributed by atoms with Gasteiger partial charge in [-0.05, 0) is 50.3 Å². The Hall–Kier alpha value is -0.930. The summed E-state index contributed by atoms with van der Waals surface area (Å²) in [6.07, 6.45) is 8.76. The third kappa shape index (κ3) is 3.83. The van der Waals surface area contributed by atoms with Crippen molar-refractivity contribution in [1.82, 2.24) is 10.3 Å². The molecule has 1 heterocycles. The number of ether oxygens (including phenoxy) is 1. The average Bonchev–Trinajstić information content (AvgIpc) is 2.45. The second kappa shape index (κ2) is 7.37. The molecule has 0 spiro atoms. The summed E-state index contributed by atoms with van der Waals surface area (Å²) in [7, 11) is 0. The maximum absolute atomic E-state index is 6.36. The van der Waals surface area contributed by atoms with Crippen LogP contribution in [0.3, 0.4) is 0 Å². The number of rotatable bonds is 6. The molecule has 1 aliphatic carbocycles. The molecule has 1 saturated carbocycles. The van der Waals surface area contributed by atoms with Crippen LogP contribution in [0.5, 0.6) is 0 Å². The topological polar surface area (TPSA) is 34.2 Å². The van der Waals surface area contributed by atoms with Gasteiger partial charge < -0.3 is 10.1 Å². The number of nitrogens with zero attached hydrogens (tertiary/aromatic N) is 1. The van der Waals surface area contributed by atoms with E-state index in [0.29, 0.717) is 0 Å². The molecule has 3 heteroatoms. The zero-order valence-corrected chi connectivity index (χ0v) is 14.0. The smallest absolute Gasteiger partial charge is 0.0879 e. The maximum Gasteiger partial charge on any atom is 0.0879 e. The van der Waals surface area contributed by atoms with E-state index in [2.05, 4.69) is 44.1 Å². The molecule has 21 heavy (non-hydrogen) atoms. The third-order valence-electron chi connectivity index (χ3n) is 4.59. The maximum atomic E-state index is 6.36. The first-order chi connectivity index (χ1) is 10.1. The number of aryl methyl sites for hydroxylation is 1. The largest absolute Gasteiger partial charge is 0.373 e. The molecule has 0 aliphatic heterocycles. The fraction of sp³-hybridized carbons (Fsp3) is 0.722. The van der Waals surface area contributed by atoms with Crippen molar-refractivity contribution in [3.05, 3.63) is 29.6 Å². The summed E-state index contributed by atoms with van der Waals surface area (Å²) >= 11 is 0. The molecular weight excluding hydrogens is 260 g/mol. The number of aromatic nitrogens is 1. The lowest BCUT2D eigenvalue weighted by Gasteiger charge is -2.45. The summed E-state index contributed by atoms with van der Waals surface area (Å²) in [6, 6.07) is 2.48. The highest BCUT2D eigenvalue weighted by molar-refractivity contribution is 5.24. The fourth-order valence-corrected chi connectivity index (χ4v) is 3.86. The van der Waals surface area contributed by atoms with E-state index in [0.717, 1.165) is 31.9 Å². The van der Waals surface area contributed by atoms with Crippen LogP contribution in [0.15, 0.2) is 18.5 Å². The van der Waals surface area contributed by atoms with Crippen molar-refractivity contribution in [2.45, 2.75) is 65.0 Å². The Balaban J connectivity index is 2.36. The Bertz CT molecular complexity index is 445. The number of hydrogen-bond donors (Lipinski definition) is 1. The standard InChI is InChI=1S/C18H30N2O/c1-5-20-17(16-10-15(4)12-19-13-16)18(21-6-2)9-7-8-14(3)11-18/h10,12-14,17,20H,5-9,11H2,1-4H3. The number of hydrogen-bond acceptors (Lipinski definition) is 3. The van der Waals surface area contributed by atoms with Crippen molar-refractivity contribution >= 4 is 0 Å². The van der Waals surface area contributed by atoms with Gasteiger partial charge in [-0.15, -0.1) is 0 Å². The van der Waals surface area contributed by atoms with E-state index in [4.69, 9.17) is 4.74 Å². The Morgan fingerprint density at radius 2 is 2.24 bits per heavy atom. The van der Waals surface area contributed by atoms with Crippen LogP contribution in [0.4, 0.5) is 0 Å². The molecular formula is C18H30N2O. The molecule has 2 rings (SSSR count). The van der Waals surface area contributed by atoms with Crippen molar-refractivity contribution in [2.24, 2.45) is 5.92 Å². The summed E-state index contributed by atoms with van der Waals surface area (Å²) < 4.78 is 6.36. The van der Waals surface area contributed by atoms with Crippen LogP contribution in [0.1, 0.15) is 63.6 Å². The van der Waals surface area contributed by atoms with Crippen LogP contribution < -0.4 is 5.32 Å². The molecule has 1 aromatic heterocycles. The zero-order valence-electron chi connectivity index (χ0n) is 14.0. The van der Waals surface area contributed by atoms with Gasteiger partial charge in [-0.25, -0.2) is 0 Å². The van der Waals surface area contributed by atoms with Gasteiger partial charge in [-0.3, -0.25) is 4.98 Å². The van der Waals surface area contributed by atoms with Crippen molar-refractivity contribution < 1.29 is 4.74 Å². The first-order valence-corrected chi connectivity index (χ1v) is 8.40. The summed E-state index contributed by atoms with van der Waals surface area (Å²) in [5.41, 5.74) is 2.39. The van der Waals surface area contributed by atoms with E-state index in [1.165, 1.54) is 24.0 Å². The van der Waals surface area contributed by atoms with E-state index >= 15 is 0 Å². The molecule has 0 bridgehead atoms. The molecule has 3 nitrogen and oxygen atoms in total. The Morgan fingerprint density at radius 1 is 1.43 bits per heavy atom.